The Hall–Kier alpha value is -3.02. The van der Waals surface area contributed by atoms with Crippen LogP contribution in [0.15, 0.2) is 71.4 Å². The summed E-state index contributed by atoms with van der Waals surface area (Å²) < 4.78 is 3.98. The molecule has 0 spiro atoms. The molecule has 2 aromatic heterocycles. The monoisotopic (exact) mass is 298 g/mol. The zero-order valence-electron chi connectivity index (χ0n) is 12.0. The smallest absolute Gasteiger partial charge is 0.227 e. The van der Waals surface area contributed by atoms with Crippen LogP contribution < -0.4 is 9.13 Å². The first-order valence-electron chi connectivity index (χ1n) is 6.81. The molecule has 0 unspecified atom stereocenters. The predicted octanol–water partition coefficient (Wildman–Crippen LogP) is 1.13. The molecule has 0 atom stereocenters. The fourth-order valence-electron chi connectivity index (χ4n) is 1.96. The second kappa shape index (κ2) is 8.31. The number of rotatable bonds is 6. The third-order valence-electron chi connectivity index (χ3n) is 3.07. The van der Waals surface area contributed by atoms with Crippen molar-refractivity contribution in [1.29, 1.82) is 0 Å². The van der Waals surface area contributed by atoms with E-state index in [2.05, 4.69) is 16.4 Å². The second-order valence-electron chi connectivity index (χ2n) is 4.57. The minimum atomic E-state index is 0.692. The Balaban J connectivity index is 1.93. The summed E-state index contributed by atoms with van der Waals surface area (Å²) in [5, 5.41) is 23.1. The van der Waals surface area contributed by atoms with Crippen LogP contribution in [0.25, 0.3) is 0 Å². The van der Waals surface area contributed by atoms with E-state index >= 15 is 0 Å². The van der Waals surface area contributed by atoms with Gasteiger partial charge in [0, 0.05) is 29.8 Å². The minimum absolute atomic E-state index is 0.692. The van der Waals surface area contributed by atoms with Crippen LogP contribution in [-0.2, 0) is 13.1 Å². The second-order valence-corrected chi connectivity index (χ2v) is 4.57. The first-order valence-corrected chi connectivity index (χ1v) is 6.81. The maximum absolute atomic E-state index is 8.63. The van der Waals surface area contributed by atoms with Gasteiger partial charge in [0.15, 0.2) is 31.7 Å². The van der Waals surface area contributed by atoms with Crippen LogP contribution in [0.3, 0.4) is 0 Å². The van der Waals surface area contributed by atoms with Gasteiger partial charge >= 0.3 is 0 Å². The van der Waals surface area contributed by atoms with E-state index < -0.39 is 0 Å². The lowest BCUT2D eigenvalue weighted by atomic mass is 10.3. The number of pyridine rings is 2. The van der Waals surface area contributed by atoms with Crippen LogP contribution in [-0.4, -0.2) is 22.8 Å². The highest BCUT2D eigenvalue weighted by Crippen LogP contribution is 1.91. The molecule has 0 aliphatic carbocycles. The van der Waals surface area contributed by atoms with Crippen molar-refractivity contribution in [2.45, 2.75) is 13.1 Å². The first kappa shape index (κ1) is 15.4. The predicted molar refractivity (Wildman–Crippen MR) is 81.2 cm³/mol. The van der Waals surface area contributed by atoms with Gasteiger partial charge in [0.1, 0.15) is 6.21 Å². The molecule has 112 valence electrons. The number of aromatic nitrogens is 2. The van der Waals surface area contributed by atoms with Crippen molar-refractivity contribution in [2.75, 3.05) is 0 Å². The van der Waals surface area contributed by atoms with Crippen LogP contribution in [0, 0.1) is 0 Å². The Kier molecular flexibility index (Phi) is 5.80. The van der Waals surface area contributed by atoms with Crippen molar-refractivity contribution in [3.63, 3.8) is 0 Å². The van der Waals surface area contributed by atoms with Crippen molar-refractivity contribution < 1.29 is 19.5 Å². The average Bonchev–Trinajstić information content (AvgIpc) is 2.55. The third kappa shape index (κ3) is 4.52. The van der Waals surface area contributed by atoms with Gasteiger partial charge in [0.25, 0.3) is 0 Å². The van der Waals surface area contributed by atoms with Crippen LogP contribution in [0.1, 0.15) is 11.3 Å². The highest BCUT2D eigenvalue weighted by molar-refractivity contribution is 5.78. The number of nitrogens with zero attached hydrogens (tertiary/aromatic N) is 4. The first-order chi connectivity index (χ1) is 10.8. The Bertz CT molecular complexity index is 679. The average molecular weight is 298 g/mol. The van der Waals surface area contributed by atoms with Gasteiger partial charge < -0.3 is 10.4 Å². The minimum Gasteiger partial charge on any atom is -0.411 e. The number of oxime groups is 2. The van der Waals surface area contributed by atoms with Crippen LogP contribution >= 0.6 is 0 Å². The highest BCUT2D eigenvalue weighted by atomic mass is 16.4. The molecule has 2 N–H and O–H groups in total. The zero-order valence-corrected chi connectivity index (χ0v) is 12.0. The zero-order chi connectivity index (χ0) is 15.6. The normalized spacial score (nSPS) is 11.8. The molecule has 0 saturated heterocycles. The molecule has 6 nitrogen and oxygen atoms in total. The lowest BCUT2D eigenvalue weighted by Gasteiger charge is -1.95. The molecule has 22 heavy (non-hydrogen) atoms. The van der Waals surface area contributed by atoms with Crippen molar-refractivity contribution in [1.82, 2.24) is 0 Å². The number of hydrogen-bond donors (Lipinski definition) is 2. The fourth-order valence-corrected chi connectivity index (χ4v) is 1.96. The van der Waals surface area contributed by atoms with Crippen molar-refractivity contribution >= 4 is 12.4 Å². The van der Waals surface area contributed by atoms with E-state index in [-0.39, 0.29) is 0 Å². The summed E-state index contributed by atoms with van der Waals surface area (Å²) in [7, 11) is 0. The summed E-state index contributed by atoms with van der Waals surface area (Å²) in [6.45, 7) is 1.44. The number of hydrogen-bond acceptors (Lipinski definition) is 4. The van der Waals surface area contributed by atoms with E-state index in [4.69, 9.17) is 10.4 Å². The summed E-state index contributed by atoms with van der Waals surface area (Å²) in [4.78, 5) is 0. The molecule has 6 heteroatoms. The van der Waals surface area contributed by atoms with Gasteiger partial charge in [-0.05, 0) is 18.2 Å². The SMILES string of the molecule is O/N=C/c1cc[n+](C/C=C\C[n+]2ccccc2/C=N/O)cc1. The van der Waals surface area contributed by atoms with E-state index in [1.165, 1.54) is 12.4 Å². The van der Waals surface area contributed by atoms with Crippen LogP contribution in [0.2, 0.25) is 0 Å². The van der Waals surface area contributed by atoms with Gasteiger partial charge in [-0.3, -0.25) is 0 Å². The quantitative estimate of drug-likeness (QED) is 0.276. The van der Waals surface area contributed by atoms with Gasteiger partial charge in [0.2, 0.25) is 5.69 Å². The summed E-state index contributed by atoms with van der Waals surface area (Å²) in [5.41, 5.74) is 1.67. The molecular formula is C16H18N4O2+2. The largest absolute Gasteiger partial charge is 0.411 e. The molecule has 0 bridgehead atoms. The van der Waals surface area contributed by atoms with E-state index in [1.54, 1.807) is 0 Å². The van der Waals surface area contributed by atoms with E-state index in [0.717, 1.165) is 17.8 Å². The lowest BCUT2D eigenvalue weighted by Crippen LogP contribution is -2.37. The molecule has 0 aromatic carbocycles. The maximum Gasteiger partial charge on any atom is 0.227 e. The Morgan fingerprint density at radius 3 is 2.32 bits per heavy atom. The molecule has 2 rings (SSSR count). The molecule has 0 radical (unpaired) electrons. The Labute approximate surface area is 128 Å². The standard InChI is InChI=1S/C16H16N4O2/c21-17-13-15-6-11-19(12-7-15)8-3-4-10-20-9-2-1-5-16(20)14-18-22/h1-7,9,11-14H,8,10H2/p+2/b4-3-. The fraction of sp³-hybridized carbons (Fsp3) is 0.125. The summed E-state index contributed by atoms with van der Waals surface area (Å²) in [5.74, 6) is 0. The molecule has 0 saturated carbocycles. The van der Waals surface area contributed by atoms with E-state index in [0.29, 0.717) is 6.54 Å². The van der Waals surface area contributed by atoms with Gasteiger partial charge in [-0.15, -0.1) is 0 Å². The van der Waals surface area contributed by atoms with Crippen LogP contribution in [0.4, 0.5) is 0 Å². The van der Waals surface area contributed by atoms with Crippen molar-refractivity contribution in [3.05, 3.63) is 72.3 Å². The van der Waals surface area contributed by atoms with Gasteiger partial charge in [-0.25, -0.2) is 4.57 Å². The van der Waals surface area contributed by atoms with E-state index in [1.807, 2.05) is 64.1 Å². The molecule has 2 aromatic rings. The Morgan fingerprint density at radius 2 is 1.59 bits per heavy atom. The van der Waals surface area contributed by atoms with E-state index in [9.17, 15) is 0 Å². The molecule has 0 aliphatic heterocycles. The number of allylic oxidation sites excluding steroid dienone is 2. The van der Waals surface area contributed by atoms with Crippen LogP contribution in [0.5, 0.6) is 0 Å². The Morgan fingerprint density at radius 1 is 0.864 bits per heavy atom. The molecular weight excluding hydrogens is 280 g/mol. The van der Waals surface area contributed by atoms with Gasteiger partial charge in [-0.1, -0.05) is 10.3 Å². The highest BCUT2D eigenvalue weighted by Gasteiger charge is 2.04. The molecule has 2 heterocycles. The van der Waals surface area contributed by atoms with Crippen molar-refractivity contribution in [2.24, 2.45) is 10.3 Å². The van der Waals surface area contributed by atoms with Crippen molar-refractivity contribution in [3.8, 4) is 0 Å². The molecule has 0 fully saturated rings. The maximum atomic E-state index is 8.63. The summed E-state index contributed by atoms with van der Waals surface area (Å²) in [6.07, 6.45) is 12.7. The van der Waals surface area contributed by atoms with Gasteiger partial charge in [-0.2, -0.15) is 4.57 Å². The molecule has 0 amide bonds. The summed E-state index contributed by atoms with van der Waals surface area (Å²) in [6, 6.07) is 9.44. The summed E-state index contributed by atoms with van der Waals surface area (Å²) >= 11 is 0. The third-order valence-corrected chi connectivity index (χ3v) is 3.07. The molecule has 0 aliphatic rings. The van der Waals surface area contributed by atoms with Gasteiger partial charge in [0.05, 0.1) is 6.21 Å². The lowest BCUT2D eigenvalue weighted by molar-refractivity contribution is -0.691. The topological polar surface area (TPSA) is 72.9 Å².